The Morgan fingerprint density at radius 2 is 1.96 bits per heavy atom. The molecule has 1 aromatic carbocycles. The number of hydrogen-bond acceptors (Lipinski definition) is 3. The van der Waals surface area contributed by atoms with Gasteiger partial charge in [-0.2, -0.15) is 0 Å². The molecule has 1 aromatic rings. The lowest BCUT2D eigenvalue weighted by molar-refractivity contribution is -0.114. The van der Waals surface area contributed by atoms with Crippen LogP contribution in [0.2, 0.25) is 0 Å². The molecule has 1 heterocycles. The first-order chi connectivity index (χ1) is 10.5. The highest BCUT2D eigenvalue weighted by atomic mass is 35.5. The van der Waals surface area contributed by atoms with Crippen LogP contribution in [0, 0.1) is 11.7 Å². The van der Waals surface area contributed by atoms with Gasteiger partial charge in [0.1, 0.15) is 5.82 Å². The van der Waals surface area contributed by atoms with Crippen molar-refractivity contribution in [1.82, 2.24) is 10.2 Å². The molecule has 7 heteroatoms. The van der Waals surface area contributed by atoms with Crippen LogP contribution in [0.3, 0.4) is 0 Å². The molecule has 0 radical (unpaired) electrons. The third-order valence-electron chi connectivity index (χ3n) is 3.91. The third kappa shape index (κ3) is 5.18. The Hall–Kier alpha value is -1.66. The molecule has 1 fully saturated rings. The molecule has 23 heavy (non-hydrogen) atoms. The van der Waals surface area contributed by atoms with Crippen LogP contribution in [0.5, 0.6) is 0 Å². The van der Waals surface area contributed by atoms with Crippen LogP contribution in [0.15, 0.2) is 18.2 Å². The SMILES string of the molecule is CNCC1CCN(C(=O)c2cc(NC(C)=O)ccc2F)CC1.Cl. The lowest BCUT2D eigenvalue weighted by Crippen LogP contribution is -2.40. The summed E-state index contributed by atoms with van der Waals surface area (Å²) in [6.45, 7) is 3.58. The molecule has 1 saturated heterocycles. The van der Waals surface area contributed by atoms with Gasteiger partial charge in [0.25, 0.3) is 5.91 Å². The Morgan fingerprint density at radius 1 is 1.30 bits per heavy atom. The highest BCUT2D eigenvalue weighted by molar-refractivity contribution is 5.97. The first-order valence-corrected chi connectivity index (χ1v) is 7.52. The molecule has 0 aromatic heterocycles. The van der Waals surface area contributed by atoms with E-state index in [2.05, 4.69) is 10.6 Å². The molecule has 2 N–H and O–H groups in total. The maximum Gasteiger partial charge on any atom is 0.256 e. The van der Waals surface area contributed by atoms with E-state index in [9.17, 15) is 14.0 Å². The number of anilines is 1. The van der Waals surface area contributed by atoms with Gasteiger partial charge in [-0.3, -0.25) is 9.59 Å². The number of carbonyl (C=O) groups excluding carboxylic acids is 2. The van der Waals surface area contributed by atoms with Crippen LogP contribution in [-0.4, -0.2) is 43.4 Å². The topological polar surface area (TPSA) is 61.4 Å². The number of nitrogens with zero attached hydrogens (tertiary/aromatic N) is 1. The van der Waals surface area contributed by atoms with Crippen LogP contribution in [0.25, 0.3) is 0 Å². The number of rotatable bonds is 4. The number of amides is 2. The monoisotopic (exact) mass is 343 g/mol. The second-order valence-electron chi connectivity index (χ2n) is 5.67. The summed E-state index contributed by atoms with van der Waals surface area (Å²) in [5.74, 6) is -0.563. The Kier molecular flexibility index (Phi) is 7.45. The van der Waals surface area contributed by atoms with Crippen molar-refractivity contribution in [1.29, 1.82) is 0 Å². The van der Waals surface area contributed by atoms with E-state index in [4.69, 9.17) is 0 Å². The molecule has 2 rings (SSSR count). The van der Waals surface area contributed by atoms with Crippen LogP contribution in [-0.2, 0) is 4.79 Å². The van der Waals surface area contributed by atoms with Crippen molar-refractivity contribution >= 4 is 29.9 Å². The number of piperidine rings is 1. The zero-order valence-electron chi connectivity index (χ0n) is 13.4. The number of nitrogens with one attached hydrogen (secondary N) is 2. The number of benzene rings is 1. The van der Waals surface area contributed by atoms with Gasteiger partial charge in [-0.15, -0.1) is 12.4 Å². The summed E-state index contributed by atoms with van der Waals surface area (Å²) in [6, 6.07) is 4.07. The van der Waals surface area contributed by atoms with Crippen molar-refractivity contribution in [3.05, 3.63) is 29.6 Å². The van der Waals surface area contributed by atoms with Gasteiger partial charge in [0.2, 0.25) is 5.91 Å². The predicted octanol–water partition coefficient (Wildman–Crippen LogP) is 2.28. The largest absolute Gasteiger partial charge is 0.339 e. The zero-order valence-corrected chi connectivity index (χ0v) is 14.2. The Morgan fingerprint density at radius 3 is 2.52 bits per heavy atom. The highest BCUT2D eigenvalue weighted by Gasteiger charge is 2.25. The first kappa shape index (κ1) is 19.4. The van der Waals surface area contributed by atoms with Gasteiger partial charge in [0.05, 0.1) is 5.56 Å². The minimum Gasteiger partial charge on any atom is -0.339 e. The van der Waals surface area contributed by atoms with E-state index in [1.807, 2.05) is 7.05 Å². The van der Waals surface area contributed by atoms with Crippen molar-refractivity contribution < 1.29 is 14.0 Å². The lowest BCUT2D eigenvalue weighted by atomic mass is 9.96. The van der Waals surface area contributed by atoms with Crippen LogP contribution >= 0.6 is 12.4 Å². The summed E-state index contributed by atoms with van der Waals surface area (Å²) in [5, 5.41) is 5.71. The summed E-state index contributed by atoms with van der Waals surface area (Å²) >= 11 is 0. The molecule has 0 spiro atoms. The van der Waals surface area contributed by atoms with Gasteiger partial charge in [-0.1, -0.05) is 0 Å². The maximum absolute atomic E-state index is 13.9. The molecule has 0 aliphatic carbocycles. The summed E-state index contributed by atoms with van der Waals surface area (Å²) < 4.78 is 13.9. The van der Waals surface area contributed by atoms with Crippen LogP contribution in [0.1, 0.15) is 30.1 Å². The molecule has 2 amide bonds. The first-order valence-electron chi connectivity index (χ1n) is 7.52. The second-order valence-corrected chi connectivity index (χ2v) is 5.67. The molecule has 1 aliphatic rings. The van der Waals surface area contributed by atoms with E-state index in [1.54, 1.807) is 4.90 Å². The summed E-state index contributed by atoms with van der Waals surface area (Å²) in [7, 11) is 1.92. The Labute approximate surface area is 142 Å². The zero-order chi connectivity index (χ0) is 16.1. The molecule has 0 saturated carbocycles. The van der Waals surface area contributed by atoms with E-state index >= 15 is 0 Å². The van der Waals surface area contributed by atoms with E-state index in [-0.39, 0.29) is 29.8 Å². The second kappa shape index (κ2) is 8.84. The quantitative estimate of drug-likeness (QED) is 0.881. The molecule has 1 aliphatic heterocycles. The van der Waals surface area contributed by atoms with E-state index in [0.717, 1.165) is 19.4 Å². The van der Waals surface area contributed by atoms with Crippen molar-refractivity contribution in [2.24, 2.45) is 5.92 Å². The minimum absolute atomic E-state index is 0. The van der Waals surface area contributed by atoms with Gasteiger partial charge in [0, 0.05) is 25.7 Å². The van der Waals surface area contributed by atoms with Crippen molar-refractivity contribution in [3.63, 3.8) is 0 Å². The van der Waals surface area contributed by atoms with Gasteiger partial charge < -0.3 is 15.5 Å². The van der Waals surface area contributed by atoms with Crippen LogP contribution < -0.4 is 10.6 Å². The summed E-state index contributed by atoms with van der Waals surface area (Å²) in [6.07, 6.45) is 1.83. The molecule has 128 valence electrons. The fraction of sp³-hybridized carbons (Fsp3) is 0.500. The summed E-state index contributed by atoms with van der Waals surface area (Å²) in [5.41, 5.74) is 0.445. The highest BCUT2D eigenvalue weighted by Crippen LogP contribution is 2.21. The van der Waals surface area contributed by atoms with Gasteiger partial charge in [0.15, 0.2) is 0 Å². The van der Waals surface area contributed by atoms with Gasteiger partial charge >= 0.3 is 0 Å². The number of halogens is 2. The molecular formula is C16H23ClFN3O2. The van der Waals surface area contributed by atoms with E-state index < -0.39 is 5.82 Å². The molecule has 0 unspecified atom stereocenters. The Balaban J connectivity index is 0.00000264. The van der Waals surface area contributed by atoms with Crippen molar-refractivity contribution in [2.45, 2.75) is 19.8 Å². The Bertz CT molecular complexity index is 560. The smallest absolute Gasteiger partial charge is 0.256 e. The predicted molar refractivity (Wildman–Crippen MR) is 90.5 cm³/mol. The van der Waals surface area contributed by atoms with Crippen LogP contribution in [0.4, 0.5) is 10.1 Å². The fourth-order valence-corrected chi connectivity index (χ4v) is 2.77. The summed E-state index contributed by atoms with van der Waals surface area (Å²) in [4.78, 5) is 25.2. The normalized spacial score (nSPS) is 15.0. The van der Waals surface area contributed by atoms with E-state index in [1.165, 1.54) is 25.1 Å². The maximum atomic E-state index is 13.9. The molecule has 0 atom stereocenters. The van der Waals surface area contributed by atoms with E-state index in [0.29, 0.717) is 24.7 Å². The number of carbonyl (C=O) groups is 2. The third-order valence-corrected chi connectivity index (χ3v) is 3.91. The fourth-order valence-electron chi connectivity index (χ4n) is 2.77. The number of likely N-dealkylation sites (tertiary alicyclic amines) is 1. The average molecular weight is 344 g/mol. The number of hydrogen-bond donors (Lipinski definition) is 2. The van der Waals surface area contributed by atoms with Gasteiger partial charge in [-0.25, -0.2) is 4.39 Å². The van der Waals surface area contributed by atoms with Crippen molar-refractivity contribution in [2.75, 3.05) is 32.0 Å². The molecule has 0 bridgehead atoms. The molecular weight excluding hydrogens is 321 g/mol. The lowest BCUT2D eigenvalue weighted by Gasteiger charge is -2.32. The standard InChI is InChI=1S/C16H22FN3O2.ClH/c1-11(21)19-13-3-4-15(17)14(9-13)16(22)20-7-5-12(6-8-20)10-18-2;/h3-4,9,12,18H,5-8,10H2,1-2H3,(H,19,21);1H. The minimum atomic E-state index is -0.559. The molecule has 5 nitrogen and oxygen atoms in total. The van der Waals surface area contributed by atoms with Gasteiger partial charge in [-0.05, 0) is 50.6 Å². The van der Waals surface area contributed by atoms with Crippen molar-refractivity contribution in [3.8, 4) is 0 Å². The average Bonchev–Trinajstić information content (AvgIpc) is 2.49.